The zero-order valence-corrected chi connectivity index (χ0v) is 11.3. The number of aliphatic hydroxyl groups excluding tert-OH is 1. The molecule has 2 fully saturated rings. The standard InChI is InChI=1S/C14H25NO3/c1-2-5-13(11-16)8-9-15(10-13)12(17)14(18)6-3-4-7-14/h16,18H,2-11H2,1H3. The van der Waals surface area contributed by atoms with E-state index in [1.165, 1.54) is 0 Å². The predicted octanol–water partition coefficient (Wildman–Crippen LogP) is 1.30. The highest BCUT2D eigenvalue weighted by Crippen LogP contribution is 2.38. The molecule has 1 atom stereocenters. The summed E-state index contributed by atoms with van der Waals surface area (Å²) >= 11 is 0. The quantitative estimate of drug-likeness (QED) is 0.796. The molecule has 1 heterocycles. The molecule has 0 aromatic rings. The highest BCUT2D eigenvalue weighted by atomic mass is 16.3. The lowest BCUT2D eigenvalue weighted by molar-refractivity contribution is -0.150. The van der Waals surface area contributed by atoms with Gasteiger partial charge in [-0.05, 0) is 38.5 Å². The van der Waals surface area contributed by atoms with Gasteiger partial charge in [0.1, 0.15) is 5.60 Å². The van der Waals surface area contributed by atoms with Gasteiger partial charge in [0.05, 0.1) is 6.61 Å². The Bertz CT molecular complexity index is 312. The van der Waals surface area contributed by atoms with Crippen molar-refractivity contribution < 1.29 is 15.0 Å². The summed E-state index contributed by atoms with van der Waals surface area (Å²) < 4.78 is 0. The molecular formula is C14H25NO3. The van der Waals surface area contributed by atoms with E-state index in [2.05, 4.69) is 6.92 Å². The van der Waals surface area contributed by atoms with Crippen molar-refractivity contribution in [2.45, 2.75) is 57.5 Å². The smallest absolute Gasteiger partial charge is 0.254 e. The van der Waals surface area contributed by atoms with Crippen molar-refractivity contribution in [2.24, 2.45) is 5.41 Å². The summed E-state index contributed by atoms with van der Waals surface area (Å²) in [5, 5.41) is 19.9. The monoisotopic (exact) mass is 255 g/mol. The number of likely N-dealkylation sites (tertiary alicyclic amines) is 1. The van der Waals surface area contributed by atoms with Gasteiger partial charge in [0.15, 0.2) is 0 Å². The zero-order chi connectivity index (χ0) is 13.2. The van der Waals surface area contributed by atoms with Crippen LogP contribution in [0.5, 0.6) is 0 Å². The van der Waals surface area contributed by atoms with Crippen LogP contribution in [0.25, 0.3) is 0 Å². The molecule has 0 spiro atoms. The van der Waals surface area contributed by atoms with Crippen molar-refractivity contribution in [2.75, 3.05) is 19.7 Å². The molecule has 4 nitrogen and oxygen atoms in total. The maximum Gasteiger partial charge on any atom is 0.254 e. The number of amides is 1. The van der Waals surface area contributed by atoms with E-state index in [1.54, 1.807) is 4.90 Å². The van der Waals surface area contributed by atoms with E-state index in [4.69, 9.17) is 0 Å². The number of nitrogens with zero attached hydrogens (tertiary/aromatic N) is 1. The largest absolute Gasteiger partial charge is 0.396 e. The van der Waals surface area contributed by atoms with Crippen molar-refractivity contribution in [1.29, 1.82) is 0 Å². The molecule has 2 N–H and O–H groups in total. The van der Waals surface area contributed by atoms with Gasteiger partial charge in [-0.2, -0.15) is 0 Å². The number of aliphatic hydroxyl groups is 2. The number of hydrogen-bond donors (Lipinski definition) is 2. The molecule has 0 bridgehead atoms. The van der Waals surface area contributed by atoms with Crippen LogP contribution in [0.15, 0.2) is 0 Å². The van der Waals surface area contributed by atoms with Gasteiger partial charge < -0.3 is 15.1 Å². The number of rotatable bonds is 4. The van der Waals surface area contributed by atoms with Gasteiger partial charge in [-0.3, -0.25) is 4.79 Å². The minimum absolute atomic E-state index is 0.105. The molecule has 18 heavy (non-hydrogen) atoms. The topological polar surface area (TPSA) is 60.8 Å². The SMILES string of the molecule is CCCC1(CO)CCN(C(=O)C2(O)CCCC2)C1. The fraction of sp³-hybridized carbons (Fsp3) is 0.929. The molecule has 0 radical (unpaired) electrons. The summed E-state index contributed by atoms with van der Waals surface area (Å²) in [5.74, 6) is -0.105. The molecule has 0 aromatic heterocycles. The minimum Gasteiger partial charge on any atom is -0.396 e. The summed E-state index contributed by atoms with van der Waals surface area (Å²) in [7, 11) is 0. The van der Waals surface area contributed by atoms with Crippen LogP contribution in [-0.2, 0) is 4.79 Å². The van der Waals surface area contributed by atoms with Crippen LogP contribution in [0.1, 0.15) is 51.9 Å². The van der Waals surface area contributed by atoms with E-state index in [-0.39, 0.29) is 17.9 Å². The second-order valence-electron chi connectivity index (χ2n) is 6.12. The van der Waals surface area contributed by atoms with E-state index >= 15 is 0 Å². The van der Waals surface area contributed by atoms with Crippen LogP contribution < -0.4 is 0 Å². The molecule has 4 heteroatoms. The van der Waals surface area contributed by atoms with E-state index in [9.17, 15) is 15.0 Å². The highest BCUT2D eigenvalue weighted by Gasteiger charge is 2.46. The summed E-state index contributed by atoms with van der Waals surface area (Å²) in [5.41, 5.74) is -1.24. The van der Waals surface area contributed by atoms with Gasteiger partial charge in [0.25, 0.3) is 5.91 Å². The van der Waals surface area contributed by atoms with Crippen LogP contribution >= 0.6 is 0 Å². The maximum atomic E-state index is 12.4. The molecule has 2 rings (SSSR count). The Morgan fingerprint density at radius 3 is 2.50 bits per heavy atom. The van der Waals surface area contributed by atoms with Crippen LogP contribution in [0.2, 0.25) is 0 Å². The third kappa shape index (κ3) is 2.41. The fourth-order valence-electron chi connectivity index (χ4n) is 3.52. The second-order valence-corrected chi connectivity index (χ2v) is 6.12. The Labute approximate surface area is 109 Å². The maximum absolute atomic E-state index is 12.4. The Hall–Kier alpha value is -0.610. The van der Waals surface area contributed by atoms with Crippen LogP contribution in [0, 0.1) is 5.41 Å². The average molecular weight is 255 g/mol. The summed E-state index contributed by atoms with van der Waals surface area (Å²) in [6, 6.07) is 0. The molecule has 1 saturated carbocycles. The van der Waals surface area contributed by atoms with Crippen molar-refractivity contribution in [3.8, 4) is 0 Å². The van der Waals surface area contributed by atoms with E-state index < -0.39 is 5.60 Å². The summed E-state index contributed by atoms with van der Waals surface area (Å²) in [6.45, 7) is 3.54. The molecule has 0 aromatic carbocycles. The van der Waals surface area contributed by atoms with Gasteiger partial charge >= 0.3 is 0 Å². The highest BCUT2D eigenvalue weighted by molar-refractivity contribution is 5.85. The Morgan fingerprint density at radius 1 is 1.28 bits per heavy atom. The molecule has 1 aliphatic heterocycles. The van der Waals surface area contributed by atoms with Gasteiger partial charge in [0.2, 0.25) is 0 Å². The van der Waals surface area contributed by atoms with Crippen LogP contribution in [0.3, 0.4) is 0 Å². The first-order valence-electron chi connectivity index (χ1n) is 7.18. The van der Waals surface area contributed by atoms with Crippen molar-refractivity contribution in [1.82, 2.24) is 4.90 Å². The summed E-state index contributed by atoms with van der Waals surface area (Å²) in [6.07, 6.45) is 5.91. The van der Waals surface area contributed by atoms with Crippen molar-refractivity contribution in [3.63, 3.8) is 0 Å². The lowest BCUT2D eigenvalue weighted by Gasteiger charge is -2.30. The first kappa shape index (κ1) is 13.8. The third-order valence-corrected chi connectivity index (χ3v) is 4.67. The number of hydrogen-bond acceptors (Lipinski definition) is 3. The van der Waals surface area contributed by atoms with Crippen molar-refractivity contribution >= 4 is 5.91 Å². The average Bonchev–Trinajstić information content (AvgIpc) is 2.97. The van der Waals surface area contributed by atoms with Crippen molar-refractivity contribution in [3.05, 3.63) is 0 Å². The Kier molecular flexibility index (Phi) is 3.97. The molecule has 1 saturated heterocycles. The van der Waals surface area contributed by atoms with Gasteiger partial charge in [-0.15, -0.1) is 0 Å². The predicted molar refractivity (Wildman–Crippen MR) is 69.0 cm³/mol. The zero-order valence-electron chi connectivity index (χ0n) is 11.3. The minimum atomic E-state index is -1.11. The normalized spacial score (nSPS) is 30.9. The van der Waals surface area contributed by atoms with E-state index in [1.807, 2.05) is 0 Å². The first-order valence-corrected chi connectivity index (χ1v) is 7.18. The molecule has 1 unspecified atom stereocenters. The Balaban J connectivity index is 2.01. The molecule has 2 aliphatic rings. The Morgan fingerprint density at radius 2 is 1.94 bits per heavy atom. The lowest BCUT2D eigenvalue weighted by Crippen LogP contribution is -2.47. The molecule has 1 aliphatic carbocycles. The fourth-order valence-corrected chi connectivity index (χ4v) is 3.52. The summed E-state index contributed by atoms with van der Waals surface area (Å²) in [4.78, 5) is 14.1. The lowest BCUT2D eigenvalue weighted by atomic mass is 9.83. The second kappa shape index (κ2) is 5.17. The van der Waals surface area contributed by atoms with Gasteiger partial charge in [-0.1, -0.05) is 13.3 Å². The third-order valence-electron chi connectivity index (χ3n) is 4.67. The van der Waals surface area contributed by atoms with E-state index in [0.29, 0.717) is 25.9 Å². The molecule has 104 valence electrons. The van der Waals surface area contributed by atoms with E-state index in [0.717, 1.165) is 32.1 Å². The van der Waals surface area contributed by atoms with Gasteiger partial charge in [-0.25, -0.2) is 0 Å². The van der Waals surface area contributed by atoms with Crippen LogP contribution in [0.4, 0.5) is 0 Å². The van der Waals surface area contributed by atoms with Crippen LogP contribution in [-0.4, -0.2) is 46.3 Å². The molecule has 1 amide bonds. The first-order chi connectivity index (χ1) is 8.55. The van der Waals surface area contributed by atoms with Gasteiger partial charge in [0, 0.05) is 18.5 Å². The molecular weight excluding hydrogens is 230 g/mol. The number of carbonyl (C=O) groups is 1. The number of carbonyl (C=O) groups excluding carboxylic acids is 1.